The second-order valence-corrected chi connectivity index (χ2v) is 4.61. The van der Waals surface area contributed by atoms with Gasteiger partial charge in [-0.25, -0.2) is 9.78 Å². The number of non-ortho nitro benzene ring substituents is 1. The molecule has 8 heteroatoms. The zero-order valence-electron chi connectivity index (χ0n) is 11.3. The molecule has 0 radical (unpaired) electrons. The quantitative estimate of drug-likeness (QED) is 0.583. The highest BCUT2D eigenvalue weighted by Gasteiger charge is 2.18. The first-order valence-electron chi connectivity index (χ1n) is 6.22. The molecule has 22 heavy (non-hydrogen) atoms. The molecule has 0 bridgehead atoms. The number of aromatic nitrogens is 2. The molecular weight excluding hydrogens is 290 g/mol. The van der Waals surface area contributed by atoms with Crippen molar-refractivity contribution in [2.75, 3.05) is 0 Å². The topological polar surface area (TPSA) is 119 Å². The Morgan fingerprint density at radius 3 is 2.59 bits per heavy atom. The summed E-state index contributed by atoms with van der Waals surface area (Å²) in [4.78, 5) is 25.8. The van der Waals surface area contributed by atoms with Crippen molar-refractivity contribution >= 4 is 22.8 Å². The van der Waals surface area contributed by atoms with Crippen LogP contribution in [0.1, 0.15) is 16.1 Å². The minimum Gasteiger partial charge on any atom is -0.478 e. The Bertz CT molecular complexity index is 899. The predicted molar refractivity (Wildman–Crippen MR) is 75.6 cm³/mol. The summed E-state index contributed by atoms with van der Waals surface area (Å²) >= 11 is 0. The smallest absolute Gasteiger partial charge is 0.336 e. The van der Waals surface area contributed by atoms with E-state index in [0.29, 0.717) is 22.3 Å². The number of carbonyl (C=O) groups is 1. The fourth-order valence-electron chi connectivity index (χ4n) is 2.17. The van der Waals surface area contributed by atoms with Crippen molar-refractivity contribution in [3.63, 3.8) is 0 Å². The van der Waals surface area contributed by atoms with Gasteiger partial charge in [0.15, 0.2) is 0 Å². The SMILES string of the molecule is Cc1noc2nc(-c3ccc([N+](=O)[O-])cc3)cc(C(=O)O)c12. The maximum atomic E-state index is 11.4. The molecule has 0 aliphatic carbocycles. The van der Waals surface area contributed by atoms with Crippen molar-refractivity contribution in [3.05, 3.63) is 51.7 Å². The molecule has 3 aromatic rings. The van der Waals surface area contributed by atoms with E-state index < -0.39 is 10.9 Å². The van der Waals surface area contributed by atoms with Crippen molar-refractivity contribution in [2.45, 2.75) is 6.92 Å². The molecule has 1 N–H and O–H groups in total. The number of benzene rings is 1. The van der Waals surface area contributed by atoms with Crippen LogP contribution in [0.5, 0.6) is 0 Å². The number of nitro groups is 1. The number of nitro benzene ring substituents is 1. The lowest BCUT2D eigenvalue weighted by Gasteiger charge is -2.03. The molecule has 0 aliphatic rings. The van der Waals surface area contributed by atoms with E-state index in [2.05, 4.69) is 10.1 Å². The van der Waals surface area contributed by atoms with Gasteiger partial charge in [-0.3, -0.25) is 10.1 Å². The minimum absolute atomic E-state index is 0.0251. The third-order valence-corrected chi connectivity index (χ3v) is 3.22. The fraction of sp³-hybridized carbons (Fsp3) is 0.0714. The highest BCUT2D eigenvalue weighted by molar-refractivity contribution is 6.03. The first-order valence-corrected chi connectivity index (χ1v) is 6.22. The van der Waals surface area contributed by atoms with Crippen LogP contribution in [0.3, 0.4) is 0 Å². The zero-order chi connectivity index (χ0) is 15.9. The summed E-state index contributed by atoms with van der Waals surface area (Å²) in [5, 5.41) is 24.1. The van der Waals surface area contributed by atoms with Crippen LogP contribution in [0.2, 0.25) is 0 Å². The number of carboxylic acid groups (broad SMARTS) is 1. The predicted octanol–water partition coefficient (Wildman–Crippen LogP) is 2.80. The van der Waals surface area contributed by atoms with Gasteiger partial charge < -0.3 is 9.63 Å². The number of hydrogen-bond acceptors (Lipinski definition) is 6. The molecule has 2 heterocycles. The molecule has 110 valence electrons. The molecule has 0 fully saturated rings. The van der Waals surface area contributed by atoms with E-state index in [1.165, 1.54) is 30.3 Å². The number of pyridine rings is 1. The fourth-order valence-corrected chi connectivity index (χ4v) is 2.17. The molecule has 0 aliphatic heterocycles. The number of aryl methyl sites for hydroxylation is 1. The summed E-state index contributed by atoms with van der Waals surface area (Å²) in [6, 6.07) is 7.05. The van der Waals surface area contributed by atoms with E-state index in [0.717, 1.165) is 0 Å². The second kappa shape index (κ2) is 4.92. The molecule has 0 spiro atoms. The Kier molecular flexibility index (Phi) is 3.06. The molecule has 2 aromatic heterocycles. The van der Waals surface area contributed by atoms with Crippen LogP contribution >= 0.6 is 0 Å². The molecule has 1 aromatic carbocycles. The van der Waals surface area contributed by atoms with Crippen LogP contribution < -0.4 is 0 Å². The number of hydrogen-bond donors (Lipinski definition) is 1. The number of rotatable bonds is 3. The number of carboxylic acids is 1. The Hall–Kier alpha value is -3.29. The number of nitrogens with zero attached hydrogens (tertiary/aromatic N) is 3. The van der Waals surface area contributed by atoms with Crippen LogP contribution in [0, 0.1) is 17.0 Å². The van der Waals surface area contributed by atoms with Crippen molar-refractivity contribution in [2.24, 2.45) is 0 Å². The van der Waals surface area contributed by atoms with E-state index in [1.807, 2.05) is 0 Å². The third-order valence-electron chi connectivity index (χ3n) is 3.22. The molecule has 0 saturated heterocycles. The highest BCUT2D eigenvalue weighted by Crippen LogP contribution is 2.27. The van der Waals surface area contributed by atoms with Gasteiger partial charge in [-0.15, -0.1) is 0 Å². The maximum absolute atomic E-state index is 11.4. The lowest BCUT2D eigenvalue weighted by atomic mass is 10.1. The van der Waals surface area contributed by atoms with Crippen LogP contribution in [-0.2, 0) is 0 Å². The van der Waals surface area contributed by atoms with Crippen LogP contribution in [-0.4, -0.2) is 26.1 Å². The average molecular weight is 299 g/mol. The highest BCUT2D eigenvalue weighted by atomic mass is 16.6. The van der Waals surface area contributed by atoms with Gasteiger partial charge in [0.05, 0.1) is 27.3 Å². The monoisotopic (exact) mass is 299 g/mol. The summed E-state index contributed by atoms with van der Waals surface area (Å²) in [5.74, 6) is -1.12. The van der Waals surface area contributed by atoms with Gasteiger partial charge in [-0.05, 0) is 25.1 Å². The summed E-state index contributed by atoms with van der Waals surface area (Å²) < 4.78 is 5.03. The Morgan fingerprint density at radius 1 is 1.32 bits per heavy atom. The van der Waals surface area contributed by atoms with Crippen LogP contribution in [0.15, 0.2) is 34.9 Å². The number of fused-ring (bicyclic) bond motifs is 1. The second-order valence-electron chi connectivity index (χ2n) is 4.61. The average Bonchev–Trinajstić information content (AvgIpc) is 2.88. The zero-order valence-corrected chi connectivity index (χ0v) is 11.3. The van der Waals surface area contributed by atoms with Gasteiger partial charge in [-0.2, -0.15) is 0 Å². The first-order chi connectivity index (χ1) is 10.5. The Labute approximate surface area is 123 Å². The van der Waals surface area contributed by atoms with Crippen LogP contribution in [0.25, 0.3) is 22.4 Å². The van der Waals surface area contributed by atoms with Gasteiger partial charge >= 0.3 is 5.97 Å². The Morgan fingerprint density at radius 2 is 2.00 bits per heavy atom. The number of aromatic carboxylic acids is 1. The summed E-state index contributed by atoms with van der Waals surface area (Å²) in [6.07, 6.45) is 0. The minimum atomic E-state index is -1.12. The summed E-state index contributed by atoms with van der Waals surface area (Å²) in [6.45, 7) is 1.63. The van der Waals surface area contributed by atoms with Gasteiger partial charge in [0.2, 0.25) is 0 Å². The molecule has 3 rings (SSSR count). The third kappa shape index (κ3) is 2.16. The van der Waals surface area contributed by atoms with Gasteiger partial charge in [0.1, 0.15) is 0 Å². The lowest BCUT2D eigenvalue weighted by molar-refractivity contribution is -0.384. The van der Waals surface area contributed by atoms with Gasteiger partial charge in [-0.1, -0.05) is 5.16 Å². The first kappa shape index (κ1) is 13.7. The van der Waals surface area contributed by atoms with E-state index in [9.17, 15) is 20.0 Å². The van der Waals surface area contributed by atoms with E-state index in [4.69, 9.17) is 4.52 Å². The molecule has 0 saturated carbocycles. The molecule has 0 amide bonds. The molecule has 8 nitrogen and oxygen atoms in total. The molecule has 0 atom stereocenters. The summed E-state index contributed by atoms with van der Waals surface area (Å²) in [5.41, 5.74) is 1.41. The van der Waals surface area contributed by atoms with Crippen LogP contribution in [0.4, 0.5) is 5.69 Å². The van der Waals surface area contributed by atoms with Crippen molar-refractivity contribution in [1.29, 1.82) is 0 Å². The molecule has 0 unspecified atom stereocenters. The van der Waals surface area contributed by atoms with Crippen molar-refractivity contribution in [1.82, 2.24) is 10.1 Å². The standard InChI is InChI=1S/C14H9N3O5/c1-7-12-10(14(18)19)6-11(15-13(12)22-16-7)8-2-4-9(5-3-8)17(20)21/h2-6H,1H3,(H,18,19). The summed E-state index contributed by atoms with van der Waals surface area (Å²) in [7, 11) is 0. The largest absolute Gasteiger partial charge is 0.478 e. The normalized spacial score (nSPS) is 10.8. The van der Waals surface area contributed by atoms with Crippen molar-refractivity contribution in [3.8, 4) is 11.3 Å². The van der Waals surface area contributed by atoms with E-state index in [-0.39, 0.29) is 17.0 Å². The molecular formula is C14H9N3O5. The van der Waals surface area contributed by atoms with Crippen molar-refractivity contribution < 1.29 is 19.3 Å². The van der Waals surface area contributed by atoms with E-state index >= 15 is 0 Å². The maximum Gasteiger partial charge on any atom is 0.336 e. The Balaban J connectivity index is 2.19. The van der Waals surface area contributed by atoms with Gasteiger partial charge in [0, 0.05) is 17.7 Å². The lowest BCUT2D eigenvalue weighted by Crippen LogP contribution is -2.00. The van der Waals surface area contributed by atoms with E-state index in [1.54, 1.807) is 6.92 Å². The van der Waals surface area contributed by atoms with Gasteiger partial charge in [0.25, 0.3) is 11.4 Å².